The van der Waals surface area contributed by atoms with Crippen LogP contribution < -0.4 is 15.2 Å². The van der Waals surface area contributed by atoms with E-state index in [0.717, 1.165) is 40.6 Å². The van der Waals surface area contributed by atoms with Crippen molar-refractivity contribution in [2.75, 3.05) is 24.3 Å². The number of anilines is 1. The molecule has 0 spiro atoms. The molecule has 6 heteroatoms. The second kappa shape index (κ2) is 5.66. The van der Waals surface area contributed by atoms with Gasteiger partial charge < -0.3 is 15.2 Å². The van der Waals surface area contributed by atoms with E-state index in [2.05, 4.69) is 10.2 Å². The molecule has 106 valence electrons. The van der Waals surface area contributed by atoms with Crippen LogP contribution in [-0.4, -0.2) is 34.9 Å². The molecule has 1 saturated heterocycles. The molecule has 0 aliphatic carbocycles. The topological polar surface area (TPSA) is 73.2 Å². The van der Waals surface area contributed by atoms with Gasteiger partial charge in [-0.05, 0) is 18.2 Å². The number of nitrogens with two attached hydrogens (primary N) is 1. The molecule has 1 aromatic heterocycles. The highest BCUT2D eigenvalue weighted by Gasteiger charge is 2.22. The average molecular weight is 291 g/mol. The highest BCUT2D eigenvalue weighted by atomic mass is 32.2. The third kappa shape index (κ3) is 2.43. The number of rotatable bonds is 4. The largest absolute Gasteiger partial charge is 0.493 e. The number of aromatic amines is 1. The van der Waals surface area contributed by atoms with E-state index in [4.69, 9.17) is 15.2 Å². The van der Waals surface area contributed by atoms with Crippen LogP contribution in [0.4, 0.5) is 5.82 Å². The SMILES string of the molecule is COc1cccc(-c2cn[nH]c2N)c1OC1CCSC1. The number of hydrogen-bond donors (Lipinski definition) is 2. The molecule has 2 aromatic rings. The summed E-state index contributed by atoms with van der Waals surface area (Å²) in [6, 6.07) is 5.80. The summed E-state index contributed by atoms with van der Waals surface area (Å²) in [5, 5.41) is 6.73. The van der Waals surface area contributed by atoms with Gasteiger partial charge in [-0.15, -0.1) is 0 Å². The summed E-state index contributed by atoms with van der Waals surface area (Å²) in [6.45, 7) is 0. The van der Waals surface area contributed by atoms with Crippen molar-refractivity contribution in [1.82, 2.24) is 10.2 Å². The molecule has 5 nitrogen and oxygen atoms in total. The lowest BCUT2D eigenvalue weighted by Crippen LogP contribution is -2.16. The molecule has 0 radical (unpaired) electrons. The lowest BCUT2D eigenvalue weighted by Gasteiger charge is -2.18. The number of nitrogens with zero attached hydrogens (tertiary/aromatic N) is 1. The molecule has 3 N–H and O–H groups in total. The monoisotopic (exact) mass is 291 g/mol. The number of aromatic nitrogens is 2. The number of nitrogen functional groups attached to an aromatic ring is 1. The molecule has 3 rings (SSSR count). The molecule has 1 aromatic carbocycles. The number of ether oxygens (including phenoxy) is 2. The van der Waals surface area contributed by atoms with E-state index < -0.39 is 0 Å². The Morgan fingerprint density at radius 1 is 1.40 bits per heavy atom. The van der Waals surface area contributed by atoms with Crippen LogP contribution in [0.3, 0.4) is 0 Å². The van der Waals surface area contributed by atoms with E-state index in [1.807, 2.05) is 30.0 Å². The predicted molar refractivity (Wildman–Crippen MR) is 81.3 cm³/mol. The highest BCUT2D eigenvalue weighted by molar-refractivity contribution is 7.99. The van der Waals surface area contributed by atoms with Crippen LogP contribution in [0.25, 0.3) is 11.1 Å². The summed E-state index contributed by atoms with van der Waals surface area (Å²) >= 11 is 1.91. The Kier molecular flexibility index (Phi) is 3.73. The number of H-pyrrole nitrogens is 1. The molecule has 1 fully saturated rings. The maximum absolute atomic E-state index is 6.16. The van der Waals surface area contributed by atoms with Gasteiger partial charge in [0.1, 0.15) is 11.9 Å². The van der Waals surface area contributed by atoms with Gasteiger partial charge in [-0.2, -0.15) is 16.9 Å². The van der Waals surface area contributed by atoms with E-state index in [1.54, 1.807) is 13.3 Å². The van der Waals surface area contributed by atoms with E-state index in [0.29, 0.717) is 5.82 Å². The van der Waals surface area contributed by atoms with Crippen LogP contribution in [0.5, 0.6) is 11.5 Å². The Bertz CT molecular complexity index is 594. The molecular formula is C14H17N3O2S. The van der Waals surface area contributed by atoms with Gasteiger partial charge in [0.05, 0.1) is 13.3 Å². The second-order valence-corrected chi connectivity index (χ2v) is 5.79. The summed E-state index contributed by atoms with van der Waals surface area (Å²) in [6.07, 6.45) is 2.99. The Balaban J connectivity index is 2.02. The van der Waals surface area contributed by atoms with Gasteiger partial charge in [0, 0.05) is 16.9 Å². The quantitative estimate of drug-likeness (QED) is 0.905. The Hall–Kier alpha value is -1.82. The smallest absolute Gasteiger partial charge is 0.169 e. The van der Waals surface area contributed by atoms with Gasteiger partial charge in [0.2, 0.25) is 0 Å². The van der Waals surface area contributed by atoms with Gasteiger partial charge >= 0.3 is 0 Å². The second-order valence-electron chi connectivity index (χ2n) is 4.64. The molecule has 1 atom stereocenters. The van der Waals surface area contributed by atoms with Crippen molar-refractivity contribution in [3.05, 3.63) is 24.4 Å². The van der Waals surface area contributed by atoms with Crippen molar-refractivity contribution in [3.63, 3.8) is 0 Å². The molecule has 0 amide bonds. The first-order valence-corrected chi connectivity index (χ1v) is 7.65. The number of methoxy groups -OCH3 is 1. The number of nitrogens with one attached hydrogen (secondary N) is 1. The fourth-order valence-corrected chi connectivity index (χ4v) is 3.39. The van der Waals surface area contributed by atoms with Crippen LogP contribution in [0.1, 0.15) is 6.42 Å². The highest BCUT2D eigenvalue weighted by Crippen LogP contribution is 2.41. The predicted octanol–water partition coefficient (Wildman–Crippen LogP) is 2.55. The number of hydrogen-bond acceptors (Lipinski definition) is 5. The molecule has 20 heavy (non-hydrogen) atoms. The lowest BCUT2D eigenvalue weighted by atomic mass is 10.1. The fourth-order valence-electron chi connectivity index (χ4n) is 2.29. The summed E-state index contributed by atoms with van der Waals surface area (Å²) in [5.74, 6) is 4.15. The molecule has 0 saturated carbocycles. The molecule has 1 aliphatic heterocycles. The minimum atomic E-state index is 0.225. The third-order valence-electron chi connectivity index (χ3n) is 3.33. The summed E-state index contributed by atoms with van der Waals surface area (Å²) < 4.78 is 11.6. The van der Waals surface area contributed by atoms with Crippen LogP contribution in [0, 0.1) is 0 Å². The Morgan fingerprint density at radius 2 is 2.30 bits per heavy atom. The van der Waals surface area contributed by atoms with Crippen LogP contribution in [0.2, 0.25) is 0 Å². The molecule has 1 aliphatic rings. The van der Waals surface area contributed by atoms with E-state index in [9.17, 15) is 0 Å². The van der Waals surface area contributed by atoms with Gasteiger partial charge in [0.25, 0.3) is 0 Å². The first kappa shape index (κ1) is 13.2. The summed E-state index contributed by atoms with van der Waals surface area (Å²) in [7, 11) is 1.65. The fraction of sp³-hybridized carbons (Fsp3) is 0.357. The van der Waals surface area contributed by atoms with E-state index in [1.165, 1.54) is 0 Å². The van der Waals surface area contributed by atoms with Crippen molar-refractivity contribution < 1.29 is 9.47 Å². The van der Waals surface area contributed by atoms with Crippen molar-refractivity contribution in [3.8, 4) is 22.6 Å². The Morgan fingerprint density at radius 3 is 2.95 bits per heavy atom. The summed E-state index contributed by atoms with van der Waals surface area (Å²) in [5.41, 5.74) is 7.67. The number of para-hydroxylation sites is 1. The third-order valence-corrected chi connectivity index (χ3v) is 4.46. The van der Waals surface area contributed by atoms with Gasteiger partial charge in [-0.1, -0.05) is 12.1 Å². The van der Waals surface area contributed by atoms with Gasteiger partial charge in [-0.25, -0.2) is 0 Å². The first-order chi connectivity index (χ1) is 9.79. The standard InChI is InChI=1S/C14H17N3O2S/c1-18-12-4-2-3-10(11-7-16-17-14(11)15)13(12)19-9-5-6-20-8-9/h2-4,7,9H,5-6,8H2,1H3,(H3,15,16,17). The maximum atomic E-state index is 6.16. The zero-order chi connectivity index (χ0) is 13.9. The average Bonchev–Trinajstić information content (AvgIpc) is 3.11. The normalized spacial score (nSPS) is 18.1. The molecule has 0 bridgehead atoms. The number of thioether (sulfide) groups is 1. The number of benzene rings is 1. The van der Waals surface area contributed by atoms with Gasteiger partial charge in [-0.3, -0.25) is 5.10 Å². The zero-order valence-corrected chi connectivity index (χ0v) is 12.1. The first-order valence-electron chi connectivity index (χ1n) is 6.50. The van der Waals surface area contributed by atoms with Crippen molar-refractivity contribution in [1.29, 1.82) is 0 Å². The molecule has 1 unspecified atom stereocenters. The van der Waals surface area contributed by atoms with Crippen LogP contribution >= 0.6 is 11.8 Å². The van der Waals surface area contributed by atoms with E-state index in [-0.39, 0.29) is 6.10 Å². The molecule has 2 heterocycles. The molecular weight excluding hydrogens is 274 g/mol. The van der Waals surface area contributed by atoms with Crippen molar-refractivity contribution in [2.24, 2.45) is 0 Å². The lowest BCUT2D eigenvalue weighted by molar-refractivity contribution is 0.219. The maximum Gasteiger partial charge on any atom is 0.169 e. The summed E-state index contributed by atoms with van der Waals surface area (Å²) in [4.78, 5) is 0. The van der Waals surface area contributed by atoms with E-state index >= 15 is 0 Å². The van der Waals surface area contributed by atoms with Crippen molar-refractivity contribution in [2.45, 2.75) is 12.5 Å². The van der Waals surface area contributed by atoms with Crippen molar-refractivity contribution >= 4 is 17.6 Å². The Labute approximate surface area is 121 Å². The van der Waals surface area contributed by atoms with Crippen LogP contribution in [0.15, 0.2) is 24.4 Å². The zero-order valence-electron chi connectivity index (χ0n) is 11.3. The minimum absolute atomic E-state index is 0.225. The minimum Gasteiger partial charge on any atom is -0.493 e. The van der Waals surface area contributed by atoms with Crippen LogP contribution in [-0.2, 0) is 0 Å². The van der Waals surface area contributed by atoms with Gasteiger partial charge in [0.15, 0.2) is 11.5 Å².